The maximum absolute atomic E-state index is 12.3. The number of carbonyl (C=O) groups is 1. The van der Waals surface area contributed by atoms with Crippen LogP contribution in [0.2, 0.25) is 15.1 Å². The maximum Gasteiger partial charge on any atom is 0.320 e. The summed E-state index contributed by atoms with van der Waals surface area (Å²) in [5.74, 6) is -0.731. The first-order valence-corrected chi connectivity index (χ1v) is 8.54. The van der Waals surface area contributed by atoms with Crippen LogP contribution < -0.4 is 5.32 Å². The lowest BCUT2D eigenvalue weighted by molar-refractivity contribution is -0.385. The van der Waals surface area contributed by atoms with Gasteiger partial charge < -0.3 is 5.32 Å². The van der Waals surface area contributed by atoms with Gasteiger partial charge in [0.15, 0.2) is 5.82 Å². The Morgan fingerprint density at radius 3 is 2.59 bits per heavy atom. The number of benzene rings is 1. The van der Waals surface area contributed by atoms with Crippen molar-refractivity contribution in [2.75, 3.05) is 5.32 Å². The van der Waals surface area contributed by atoms with Gasteiger partial charge in [-0.3, -0.25) is 24.3 Å². The van der Waals surface area contributed by atoms with Crippen LogP contribution >= 0.6 is 34.8 Å². The Labute approximate surface area is 167 Å². The van der Waals surface area contributed by atoms with Crippen LogP contribution in [0.25, 0.3) is 0 Å². The number of nitrogens with zero attached hydrogens (tertiary/aromatic N) is 5. The molecule has 12 heteroatoms. The first-order valence-electron chi connectivity index (χ1n) is 7.41. The van der Waals surface area contributed by atoms with Crippen LogP contribution in [0, 0.1) is 10.1 Å². The Bertz CT molecular complexity index is 1050. The van der Waals surface area contributed by atoms with Crippen LogP contribution in [-0.2, 0) is 13.6 Å². The number of carbonyl (C=O) groups excluding carboxylic acids is 1. The monoisotopic (exact) mass is 428 g/mol. The van der Waals surface area contributed by atoms with Crippen molar-refractivity contribution in [1.82, 2.24) is 19.6 Å². The van der Waals surface area contributed by atoms with Crippen LogP contribution in [0.3, 0.4) is 0 Å². The highest BCUT2D eigenvalue weighted by atomic mass is 35.5. The number of hydrogen-bond donors (Lipinski definition) is 1. The lowest BCUT2D eigenvalue weighted by Gasteiger charge is -2.04. The Hall–Kier alpha value is -2.62. The molecule has 0 unspecified atom stereocenters. The number of aryl methyl sites for hydroxylation is 1. The van der Waals surface area contributed by atoms with Gasteiger partial charge in [-0.2, -0.15) is 10.2 Å². The molecule has 0 saturated heterocycles. The molecular weight excluding hydrogens is 419 g/mol. The number of aromatic nitrogens is 4. The zero-order chi connectivity index (χ0) is 19.7. The summed E-state index contributed by atoms with van der Waals surface area (Å²) < 4.78 is 2.67. The number of hydrogen-bond acceptors (Lipinski definition) is 5. The zero-order valence-electron chi connectivity index (χ0n) is 13.7. The molecule has 0 spiro atoms. The quantitative estimate of drug-likeness (QED) is 0.490. The second kappa shape index (κ2) is 7.55. The molecule has 0 aliphatic rings. The van der Waals surface area contributed by atoms with Gasteiger partial charge in [0.05, 0.1) is 21.5 Å². The smallest absolute Gasteiger partial charge is 0.302 e. The van der Waals surface area contributed by atoms with Crippen molar-refractivity contribution >= 4 is 52.2 Å². The first kappa shape index (κ1) is 19.2. The van der Waals surface area contributed by atoms with Gasteiger partial charge in [-0.05, 0) is 17.7 Å². The molecule has 0 aliphatic heterocycles. The average molecular weight is 430 g/mol. The van der Waals surface area contributed by atoms with Crippen molar-refractivity contribution in [3.05, 3.63) is 67.0 Å². The van der Waals surface area contributed by atoms with Gasteiger partial charge in [0.25, 0.3) is 5.91 Å². The Morgan fingerprint density at radius 1 is 1.19 bits per heavy atom. The van der Waals surface area contributed by atoms with E-state index in [1.807, 2.05) is 0 Å². The fourth-order valence-corrected chi connectivity index (χ4v) is 2.84. The predicted molar refractivity (Wildman–Crippen MR) is 101 cm³/mol. The summed E-state index contributed by atoms with van der Waals surface area (Å²) in [6, 6.07) is 5.13. The van der Waals surface area contributed by atoms with Gasteiger partial charge in [-0.15, -0.1) is 0 Å². The second-order valence-electron chi connectivity index (χ2n) is 5.52. The van der Waals surface area contributed by atoms with E-state index in [2.05, 4.69) is 15.5 Å². The number of nitrogens with one attached hydrogen (secondary N) is 1. The summed E-state index contributed by atoms with van der Waals surface area (Å²) >= 11 is 18.0. The molecule has 1 N–H and O–H groups in total. The fraction of sp³-hybridized carbons (Fsp3) is 0.133. The van der Waals surface area contributed by atoms with Gasteiger partial charge in [-0.1, -0.05) is 40.9 Å². The van der Waals surface area contributed by atoms with Gasteiger partial charge in [0, 0.05) is 13.2 Å². The lowest BCUT2D eigenvalue weighted by Crippen LogP contribution is -2.15. The average Bonchev–Trinajstić information content (AvgIpc) is 3.14. The van der Waals surface area contributed by atoms with E-state index in [4.69, 9.17) is 34.8 Å². The topological polar surface area (TPSA) is 108 Å². The molecule has 0 fully saturated rings. The number of anilines is 1. The van der Waals surface area contributed by atoms with E-state index in [1.165, 1.54) is 22.6 Å². The summed E-state index contributed by atoms with van der Waals surface area (Å²) in [5.41, 5.74) is 0.0702. The summed E-state index contributed by atoms with van der Waals surface area (Å²) in [4.78, 5) is 22.7. The van der Waals surface area contributed by atoms with E-state index in [0.29, 0.717) is 16.6 Å². The molecule has 0 bridgehead atoms. The first-order chi connectivity index (χ1) is 12.7. The molecule has 1 amide bonds. The molecule has 3 rings (SSSR count). The van der Waals surface area contributed by atoms with Crippen molar-refractivity contribution in [2.45, 2.75) is 6.54 Å². The van der Waals surface area contributed by atoms with Gasteiger partial charge in [0.2, 0.25) is 5.69 Å². The minimum atomic E-state index is -0.788. The fourth-order valence-electron chi connectivity index (χ4n) is 2.33. The molecule has 0 radical (unpaired) electrons. The molecule has 1 aromatic carbocycles. The van der Waals surface area contributed by atoms with E-state index in [1.54, 1.807) is 18.2 Å². The van der Waals surface area contributed by atoms with Gasteiger partial charge >= 0.3 is 5.69 Å². The molecule has 0 atom stereocenters. The number of amides is 1. The number of halogens is 3. The van der Waals surface area contributed by atoms with E-state index in [0.717, 1.165) is 11.8 Å². The predicted octanol–water partition coefficient (Wildman–Crippen LogP) is 3.79. The third-order valence-electron chi connectivity index (χ3n) is 3.50. The second-order valence-corrected chi connectivity index (χ2v) is 6.74. The SMILES string of the molecule is Cn1cc([N+](=O)[O-])c(C(=O)Nc2nn(Cc3ccc(Cl)c(Cl)c3)cc2Cl)n1. The number of rotatable bonds is 5. The lowest BCUT2D eigenvalue weighted by atomic mass is 10.2. The van der Waals surface area contributed by atoms with Crippen molar-refractivity contribution in [3.8, 4) is 0 Å². The molecule has 0 saturated carbocycles. The highest BCUT2D eigenvalue weighted by Crippen LogP contribution is 2.25. The van der Waals surface area contributed by atoms with E-state index in [9.17, 15) is 14.9 Å². The van der Waals surface area contributed by atoms with E-state index >= 15 is 0 Å². The standard InChI is InChI=1S/C15H11Cl3N6O3/c1-22-7-12(24(26)27)13(20-22)15(25)19-14-11(18)6-23(21-14)5-8-2-3-9(16)10(17)4-8/h2-4,6-7H,5H2,1H3,(H,19,21,25). The van der Waals surface area contributed by atoms with Crippen LogP contribution in [0.15, 0.2) is 30.6 Å². The Balaban J connectivity index is 1.79. The van der Waals surface area contributed by atoms with Crippen molar-refractivity contribution in [1.29, 1.82) is 0 Å². The van der Waals surface area contributed by atoms with Crippen LogP contribution in [-0.4, -0.2) is 30.4 Å². The highest BCUT2D eigenvalue weighted by molar-refractivity contribution is 6.42. The Kier molecular flexibility index (Phi) is 5.36. The molecule has 3 aromatic rings. The maximum atomic E-state index is 12.3. The summed E-state index contributed by atoms with van der Waals surface area (Å²) in [6.07, 6.45) is 2.64. The Morgan fingerprint density at radius 2 is 1.93 bits per heavy atom. The van der Waals surface area contributed by atoms with E-state index < -0.39 is 16.5 Å². The van der Waals surface area contributed by atoms with E-state index in [-0.39, 0.29) is 16.5 Å². The normalized spacial score (nSPS) is 10.8. The third-order valence-corrected chi connectivity index (χ3v) is 4.51. The summed E-state index contributed by atoms with van der Waals surface area (Å²) in [6.45, 7) is 0.330. The molecule has 27 heavy (non-hydrogen) atoms. The van der Waals surface area contributed by atoms with Crippen LogP contribution in [0.4, 0.5) is 11.5 Å². The highest BCUT2D eigenvalue weighted by Gasteiger charge is 2.26. The number of nitro groups is 1. The molecular formula is C15H11Cl3N6O3. The molecule has 0 aliphatic carbocycles. The van der Waals surface area contributed by atoms with Crippen LogP contribution in [0.5, 0.6) is 0 Å². The summed E-state index contributed by atoms with van der Waals surface area (Å²) in [7, 11) is 1.47. The van der Waals surface area contributed by atoms with Gasteiger partial charge in [-0.25, -0.2) is 0 Å². The van der Waals surface area contributed by atoms with Crippen molar-refractivity contribution in [2.24, 2.45) is 7.05 Å². The van der Waals surface area contributed by atoms with Crippen LogP contribution in [0.1, 0.15) is 16.1 Å². The largest absolute Gasteiger partial charge is 0.320 e. The molecule has 9 nitrogen and oxygen atoms in total. The van der Waals surface area contributed by atoms with Crippen molar-refractivity contribution < 1.29 is 9.72 Å². The summed E-state index contributed by atoms with van der Waals surface area (Å²) in [5, 5.41) is 22.4. The molecule has 140 valence electrons. The zero-order valence-corrected chi connectivity index (χ0v) is 16.0. The minimum absolute atomic E-state index is 0.0571. The molecule has 2 heterocycles. The third kappa shape index (κ3) is 4.21. The minimum Gasteiger partial charge on any atom is -0.302 e. The van der Waals surface area contributed by atoms with Gasteiger partial charge in [0.1, 0.15) is 11.2 Å². The molecule has 2 aromatic heterocycles. The van der Waals surface area contributed by atoms with Crippen molar-refractivity contribution in [3.63, 3.8) is 0 Å².